The quantitative estimate of drug-likeness (QED) is 0.758. The van der Waals surface area contributed by atoms with E-state index in [1.54, 1.807) is 19.3 Å². The molecular formula is C13H21ClN2O2S. The molecule has 0 unspecified atom stereocenters. The molecule has 2 rings (SSSR count). The summed E-state index contributed by atoms with van der Waals surface area (Å²) in [6, 6.07) is 1.68. The fourth-order valence-electron chi connectivity index (χ4n) is 2.39. The first-order valence-electron chi connectivity index (χ1n) is 6.70. The van der Waals surface area contributed by atoms with Crippen LogP contribution in [0.15, 0.2) is 17.2 Å². The SMILES string of the molecule is CCn1cc(S(=O)(=O)N(C)CC2CCC2)cc1CCl. The van der Waals surface area contributed by atoms with Crippen LogP contribution in [0.1, 0.15) is 31.9 Å². The predicted octanol–water partition coefficient (Wildman–Crippen LogP) is 2.67. The van der Waals surface area contributed by atoms with Gasteiger partial charge in [-0.1, -0.05) is 6.42 Å². The van der Waals surface area contributed by atoms with Gasteiger partial charge in [-0.2, -0.15) is 0 Å². The Labute approximate surface area is 120 Å². The molecule has 0 amide bonds. The molecule has 1 saturated carbocycles. The van der Waals surface area contributed by atoms with Gasteiger partial charge in [0.25, 0.3) is 0 Å². The Bertz CT molecular complexity index is 513. The van der Waals surface area contributed by atoms with Gasteiger partial charge in [-0.3, -0.25) is 0 Å². The van der Waals surface area contributed by atoms with Gasteiger partial charge < -0.3 is 4.57 Å². The van der Waals surface area contributed by atoms with E-state index in [0.29, 0.717) is 23.2 Å². The highest BCUT2D eigenvalue weighted by molar-refractivity contribution is 7.89. The number of sulfonamides is 1. The van der Waals surface area contributed by atoms with Crippen molar-refractivity contribution in [3.8, 4) is 0 Å². The van der Waals surface area contributed by atoms with Crippen LogP contribution in [0.3, 0.4) is 0 Å². The van der Waals surface area contributed by atoms with E-state index in [9.17, 15) is 8.42 Å². The highest BCUT2D eigenvalue weighted by Gasteiger charge is 2.27. The zero-order valence-electron chi connectivity index (χ0n) is 11.5. The Morgan fingerprint density at radius 2 is 2.16 bits per heavy atom. The normalized spacial score (nSPS) is 16.8. The lowest BCUT2D eigenvalue weighted by atomic mass is 9.86. The van der Waals surface area contributed by atoms with Crippen LogP contribution in [0, 0.1) is 5.92 Å². The molecule has 1 aliphatic carbocycles. The van der Waals surface area contributed by atoms with Crippen LogP contribution in [0.25, 0.3) is 0 Å². The maximum absolute atomic E-state index is 12.5. The van der Waals surface area contributed by atoms with Crippen LogP contribution in [0.4, 0.5) is 0 Å². The lowest BCUT2D eigenvalue weighted by Gasteiger charge is -2.29. The van der Waals surface area contributed by atoms with Crippen molar-refractivity contribution in [2.24, 2.45) is 5.92 Å². The average Bonchev–Trinajstić information content (AvgIpc) is 2.77. The van der Waals surface area contributed by atoms with E-state index in [1.807, 2.05) is 11.5 Å². The standard InChI is InChI=1S/C13H21ClN2O2S/c1-3-16-10-13(7-12(16)8-14)19(17,18)15(2)9-11-5-4-6-11/h7,10-11H,3-6,8-9H2,1-2H3. The third-order valence-corrected chi connectivity index (χ3v) is 5.95. The molecule has 1 aliphatic rings. The highest BCUT2D eigenvalue weighted by Crippen LogP contribution is 2.29. The molecule has 19 heavy (non-hydrogen) atoms. The summed E-state index contributed by atoms with van der Waals surface area (Å²) >= 11 is 5.84. The zero-order valence-corrected chi connectivity index (χ0v) is 13.0. The van der Waals surface area contributed by atoms with Gasteiger partial charge >= 0.3 is 0 Å². The topological polar surface area (TPSA) is 42.3 Å². The summed E-state index contributed by atoms with van der Waals surface area (Å²) in [6.07, 6.45) is 5.19. The molecule has 1 heterocycles. The molecule has 1 aromatic heterocycles. The molecule has 0 bridgehead atoms. The lowest BCUT2D eigenvalue weighted by molar-refractivity contribution is 0.263. The lowest BCUT2D eigenvalue weighted by Crippen LogP contribution is -2.34. The van der Waals surface area contributed by atoms with Crippen LogP contribution in [-0.2, 0) is 22.4 Å². The van der Waals surface area contributed by atoms with Gasteiger partial charge in [-0.25, -0.2) is 12.7 Å². The molecule has 0 saturated heterocycles. The molecule has 0 spiro atoms. The molecule has 0 radical (unpaired) electrons. The molecule has 0 aromatic carbocycles. The number of aryl methyl sites for hydroxylation is 1. The first-order chi connectivity index (χ1) is 8.98. The second kappa shape index (κ2) is 5.85. The Morgan fingerprint density at radius 3 is 2.58 bits per heavy atom. The molecule has 1 fully saturated rings. The van der Waals surface area contributed by atoms with Crippen molar-refractivity contribution in [1.82, 2.24) is 8.87 Å². The number of alkyl halides is 1. The maximum Gasteiger partial charge on any atom is 0.244 e. The van der Waals surface area contributed by atoms with Crippen molar-refractivity contribution in [2.45, 2.75) is 43.5 Å². The molecule has 108 valence electrons. The monoisotopic (exact) mass is 304 g/mol. The zero-order chi connectivity index (χ0) is 14.0. The van der Waals surface area contributed by atoms with Crippen LogP contribution >= 0.6 is 11.6 Å². The van der Waals surface area contributed by atoms with Crippen molar-refractivity contribution in [1.29, 1.82) is 0 Å². The molecule has 0 N–H and O–H groups in total. The molecule has 6 heteroatoms. The van der Waals surface area contributed by atoms with E-state index in [1.165, 1.54) is 10.7 Å². The third kappa shape index (κ3) is 2.98. The maximum atomic E-state index is 12.5. The smallest absolute Gasteiger partial charge is 0.244 e. The first kappa shape index (κ1) is 14.9. The summed E-state index contributed by atoms with van der Waals surface area (Å²) < 4.78 is 28.3. The minimum atomic E-state index is -3.38. The summed E-state index contributed by atoms with van der Waals surface area (Å²) in [5.74, 6) is 0.857. The predicted molar refractivity (Wildman–Crippen MR) is 76.8 cm³/mol. The summed E-state index contributed by atoms with van der Waals surface area (Å²) in [5.41, 5.74) is 0.847. The number of halogens is 1. The Balaban J connectivity index is 2.20. The minimum absolute atomic E-state index is 0.329. The summed E-state index contributed by atoms with van der Waals surface area (Å²) in [4.78, 5) is 0.354. The molecule has 1 aromatic rings. The largest absolute Gasteiger partial charge is 0.349 e. The summed E-state index contributed by atoms with van der Waals surface area (Å²) in [6.45, 7) is 3.32. The minimum Gasteiger partial charge on any atom is -0.349 e. The van der Waals surface area contributed by atoms with Gasteiger partial charge in [0.05, 0.1) is 5.88 Å². The molecule has 4 nitrogen and oxygen atoms in total. The van der Waals surface area contributed by atoms with E-state index >= 15 is 0 Å². The fourth-order valence-corrected chi connectivity index (χ4v) is 3.93. The molecule has 0 aliphatic heterocycles. The van der Waals surface area contributed by atoms with E-state index in [4.69, 9.17) is 11.6 Å². The number of rotatable bonds is 6. The van der Waals surface area contributed by atoms with Crippen molar-refractivity contribution in [3.05, 3.63) is 18.0 Å². The van der Waals surface area contributed by atoms with Crippen molar-refractivity contribution in [2.75, 3.05) is 13.6 Å². The summed E-state index contributed by atoms with van der Waals surface area (Å²) in [7, 11) is -1.71. The van der Waals surface area contributed by atoms with Crippen molar-refractivity contribution < 1.29 is 8.42 Å². The first-order valence-corrected chi connectivity index (χ1v) is 8.67. The fraction of sp³-hybridized carbons (Fsp3) is 0.692. The van der Waals surface area contributed by atoms with Gasteiger partial charge in [0.1, 0.15) is 4.90 Å². The van der Waals surface area contributed by atoms with Crippen LogP contribution < -0.4 is 0 Å². The van der Waals surface area contributed by atoms with Crippen LogP contribution in [0.2, 0.25) is 0 Å². The highest BCUT2D eigenvalue weighted by atomic mass is 35.5. The Kier molecular flexibility index (Phi) is 4.58. The number of hydrogen-bond acceptors (Lipinski definition) is 2. The van der Waals surface area contributed by atoms with Gasteiger partial charge in [0.15, 0.2) is 0 Å². The van der Waals surface area contributed by atoms with E-state index in [0.717, 1.165) is 25.1 Å². The van der Waals surface area contributed by atoms with Crippen molar-refractivity contribution in [3.63, 3.8) is 0 Å². The van der Waals surface area contributed by atoms with Crippen LogP contribution in [0.5, 0.6) is 0 Å². The Hall–Kier alpha value is -0.520. The number of hydrogen-bond donors (Lipinski definition) is 0. The van der Waals surface area contributed by atoms with E-state index < -0.39 is 10.0 Å². The van der Waals surface area contributed by atoms with Crippen LogP contribution in [-0.4, -0.2) is 30.9 Å². The van der Waals surface area contributed by atoms with Gasteiger partial charge in [-0.15, -0.1) is 11.6 Å². The van der Waals surface area contributed by atoms with E-state index in [-0.39, 0.29) is 0 Å². The van der Waals surface area contributed by atoms with Crippen molar-refractivity contribution >= 4 is 21.6 Å². The van der Waals surface area contributed by atoms with E-state index in [2.05, 4.69) is 0 Å². The number of nitrogens with zero attached hydrogens (tertiary/aromatic N) is 2. The van der Waals surface area contributed by atoms with Gasteiger partial charge in [0, 0.05) is 32.0 Å². The third-order valence-electron chi connectivity index (χ3n) is 3.89. The second-order valence-corrected chi connectivity index (χ2v) is 7.48. The second-order valence-electron chi connectivity index (χ2n) is 5.17. The number of aromatic nitrogens is 1. The van der Waals surface area contributed by atoms with Gasteiger partial charge in [-0.05, 0) is 31.7 Å². The van der Waals surface area contributed by atoms with Gasteiger partial charge in [0.2, 0.25) is 10.0 Å². The molecule has 0 atom stereocenters. The summed E-state index contributed by atoms with van der Waals surface area (Å²) in [5, 5.41) is 0. The Morgan fingerprint density at radius 1 is 1.47 bits per heavy atom. The molecular weight excluding hydrogens is 284 g/mol. The average molecular weight is 305 g/mol.